The van der Waals surface area contributed by atoms with Crippen LogP contribution in [0, 0.1) is 12.8 Å². The highest BCUT2D eigenvalue weighted by molar-refractivity contribution is 5.88. The smallest absolute Gasteiger partial charge is 0.243 e. The van der Waals surface area contributed by atoms with Gasteiger partial charge < -0.3 is 15.1 Å². The Labute approximate surface area is 145 Å². The Bertz CT molecular complexity index is 611. The number of anilines is 1. The number of aryl methyl sites for hydroxylation is 1. The molecule has 1 aliphatic heterocycles. The van der Waals surface area contributed by atoms with Crippen LogP contribution in [0.3, 0.4) is 0 Å². The average Bonchev–Trinajstić information content (AvgIpc) is 2.90. The van der Waals surface area contributed by atoms with Gasteiger partial charge >= 0.3 is 0 Å². The van der Waals surface area contributed by atoms with E-state index in [-0.39, 0.29) is 23.8 Å². The van der Waals surface area contributed by atoms with Crippen molar-refractivity contribution in [2.45, 2.75) is 46.2 Å². The van der Waals surface area contributed by atoms with Crippen molar-refractivity contribution in [3.63, 3.8) is 0 Å². The fourth-order valence-electron chi connectivity index (χ4n) is 3.39. The Morgan fingerprint density at radius 2 is 2.04 bits per heavy atom. The number of likely N-dealkylation sites (tertiary alicyclic amines) is 1. The molecule has 0 bridgehead atoms. The number of hydrogen-bond donors (Lipinski definition) is 1. The second-order valence-electron chi connectivity index (χ2n) is 7.11. The first-order valence-electron chi connectivity index (χ1n) is 8.65. The summed E-state index contributed by atoms with van der Waals surface area (Å²) in [5.41, 5.74) is 3.43. The summed E-state index contributed by atoms with van der Waals surface area (Å²) in [6.45, 7) is 7.22. The van der Waals surface area contributed by atoms with E-state index < -0.39 is 0 Å². The van der Waals surface area contributed by atoms with Gasteiger partial charge in [0.15, 0.2) is 0 Å². The molecular weight excluding hydrogens is 302 g/mol. The molecular formula is C19H29N3O2. The van der Waals surface area contributed by atoms with Gasteiger partial charge in [0.05, 0.1) is 0 Å². The Hall–Kier alpha value is -2.04. The molecule has 1 aliphatic rings. The van der Waals surface area contributed by atoms with Crippen molar-refractivity contribution in [2.75, 3.05) is 25.5 Å². The van der Waals surface area contributed by atoms with Crippen LogP contribution in [0.2, 0.25) is 0 Å². The van der Waals surface area contributed by atoms with Gasteiger partial charge in [-0.15, -0.1) is 0 Å². The Morgan fingerprint density at radius 1 is 1.33 bits per heavy atom. The van der Waals surface area contributed by atoms with E-state index in [0.717, 1.165) is 12.0 Å². The van der Waals surface area contributed by atoms with Crippen LogP contribution < -0.4 is 10.2 Å². The summed E-state index contributed by atoms with van der Waals surface area (Å²) in [6, 6.07) is 5.83. The van der Waals surface area contributed by atoms with E-state index in [2.05, 4.69) is 29.3 Å². The van der Waals surface area contributed by atoms with Crippen LogP contribution in [0.1, 0.15) is 37.8 Å². The molecule has 132 valence electrons. The summed E-state index contributed by atoms with van der Waals surface area (Å²) in [6.07, 6.45) is 1.40. The van der Waals surface area contributed by atoms with E-state index in [9.17, 15) is 9.59 Å². The van der Waals surface area contributed by atoms with Crippen molar-refractivity contribution in [2.24, 2.45) is 5.92 Å². The van der Waals surface area contributed by atoms with Crippen molar-refractivity contribution in [1.29, 1.82) is 0 Å². The van der Waals surface area contributed by atoms with Crippen molar-refractivity contribution in [3.05, 3.63) is 29.3 Å². The second-order valence-corrected chi connectivity index (χ2v) is 7.11. The largest absolute Gasteiger partial charge is 0.377 e. The van der Waals surface area contributed by atoms with Crippen LogP contribution in [0.4, 0.5) is 5.69 Å². The maximum atomic E-state index is 12.6. The van der Waals surface area contributed by atoms with Crippen molar-refractivity contribution in [1.82, 2.24) is 10.2 Å². The lowest BCUT2D eigenvalue weighted by molar-refractivity contribution is -0.139. The zero-order valence-electron chi connectivity index (χ0n) is 15.4. The minimum Gasteiger partial charge on any atom is -0.377 e. The van der Waals surface area contributed by atoms with Crippen LogP contribution in [0.15, 0.2) is 18.2 Å². The summed E-state index contributed by atoms with van der Waals surface area (Å²) in [5, 5.41) is 3.01. The minimum atomic E-state index is -0.373. The third kappa shape index (κ3) is 4.08. The summed E-state index contributed by atoms with van der Waals surface area (Å²) in [5.74, 6) is 0.134. The first-order valence-corrected chi connectivity index (χ1v) is 8.65. The third-order valence-corrected chi connectivity index (χ3v) is 4.56. The normalized spacial score (nSPS) is 15.8. The molecule has 1 saturated heterocycles. The van der Waals surface area contributed by atoms with E-state index in [4.69, 9.17) is 0 Å². The maximum Gasteiger partial charge on any atom is 0.243 e. The Kier molecular flexibility index (Phi) is 5.86. The number of amides is 2. The quantitative estimate of drug-likeness (QED) is 0.870. The first kappa shape index (κ1) is 18.3. The van der Waals surface area contributed by atoms with Gasteiger partial charge in [0.25, 0.3) is 0 Å². The molecule has 1 fully saturated rings. The molecule has 0 aliphatic carbocycles. The monoisotopic (exact) mass is 331 g/mol. The standard InChI is InChI=1S/C19H29N3O2/c1-13(2)18(22-10-6-7-17(22)23)19(24)20-12-15-8-9-16(21(4)5)14(3)11-15/h8-9,11,13,18H,6-7,10,12H2,1-5H3,(H,20,24)/t18-/m0/s1. The molecule has 1 atom stereocenters. The number of nitrogens with zero attached hydrogens (tertiary/aromatic N) is 2. The summed E-state index contributed by atoms with van der Waals surface area (Å²) in [7, 11) is 4.04. The zero-order chi connectivity index (χ0) is 17.9. The van der Waals surface area contributed by atoms with Gasteiger partial charge in [0.2, 0.25) is 11.8 Å². The summed E-state index contributed by atoms with van der Waals surface area (Å²) in [4.78, 5) is 28.4. The maximum absolute atomic E-state index is 12.6. The topological polar surface area (TPSA) is 52.7 Å². The third-order valence-electron chi connectivity index (χ3n) is 4.56. The zero-order valence-corrected chi connectivity index (χ0v) is 15.4. The fraction of sp³-hybridized carbons (Fsp3) is 0.579. The van der Waals surface area contributed by atoms with Crippen LogP contribution >= 0.6 is 0 Å². The van der Waals surface area contributed by atoms with Gasteiger partial charge in [-0.1, -0.05) is 26.0 Å². The van der Waals surface area contributed by atoms with Crippen LogP contribution in [-0.4, -0.2) is 43.4 Å². The molecule has 0 saturated carbocycles. The predicted molar refractivity (Wildman–Crippen MR) is 96.9 cm³/mol. The average molecular weight is 331 g/mol. The van der Waals surface area contributed by atoms with E-state index >= 15 is 0 Å². The van der Waals surface area contributed by atoms with Crippen molar-refractivity contribution in [3.8, 4) is 0 Å². The molecule has 2 amide bonds. The molecule has 24 heavy (non-hydrogen) atoms. The lowest BCUT2D eigenvalue weighted by Gasteiger charge is -2.30. The number of carbonyl (C=O) groups excluding carboxylic acids is 2. The lowest BCUT2D eigenvalue weighted by atomic mass is 10.0. The summed E-state index contributed by atoms with van der Waals surface area (Å²) >= 11 is 0. The first-order chi connectivity index (χ1) is 11.3. The predicted octanol–water partition coefficient (Wildman–Crippen LogP) is 2.32. The van der Waals surface area contributed by atoms with E-state index in [1.54, 1.807) is 4.90 Å². The molecule has 1 aromatic rings. The number of rotatable bonds is 6. The highest BCUT2D eigenvalue weighted by Crippen LogP contribution is 2.21. The molecule has 0 spiro atoms. The van der Waals surface area contributed by atoms with Gasteiger partial charge in [-0.05, 0) is 36.5 Å². The Balaban J connectivity index is 2.03. The van der Waals surface area contributed by atoms with Crippen LogP contribution in [0.25, 0.3) is 0 Å². The molecule has 5 nitrogen and oxygen atoms in total. The number of nitrogens with one attached hydrogen (secondary N) is 1. The fourth-order valence-corrected chi connectivity index (χ4v) is 3.39. The van der Waals surface area contributed by atoms with Gasteiger partial charge in [-0.2, -0.15) is 0 Å². The van der Waals surface area contributed by atoms with Crippen molar-refractivity contribution >= 4 is 17.5 Å². The van der Waals surface area contributed by atoms with E-state index in [1.165, 1.54) is 11.3 Å². The van der Waals surface area contributed by atoms with Crippen LogP contribution in [0.5, 0.6) is 0 Å². The van der Waals surface area contributed by atoms with Gasteiger partial charge in [0.1, 0.15) is 6.04 Å². The molecule has 2 rings (SSSR count). The molecule has 0 radical (unpaired) electrons. The second kappa shape index (κ2) is 7.69. The van der Waals surface area contributed by atoms with Gasteiger partial charge in [-0.3, -0.25) is 9.59 Å². The SMILES string of the molecule is Cc1cc(CNC(=O)[C@H](C(C)C)N2CCCC2=O)ccc1N(C)C. The molecule has 1 aromatic carbocycles. The molecule has 1 N–H and O–H groups in total. The van der Waals surface area contributed by atoms with Gasteiger partial charge in [0, 0.05) is 39.3 Å². The van der Waals surface area contributed by atoms with Crippen molar-refractivity contribution < 1.29 is 9.59 Å². The summed E-state index contributed by atoms with van der Waals surface area (Å²) < 4.78 is 0. The highest BCUT2D eigenvalue weighted by atomic mass is 16.2. The Morgan fingerprint density at radius 3 is 2.54 bits per heavy atom. The van der Waals surface area contributed by atoms with Crippen LogP contribution in [-0.2, 0) is 16.1 Å². The molecule has 0 aromatic heterocycles. The minimum absolute atomic E-state index is 0.0606. The molecule has 0 unspecified atom stereocenters. The molecule has 1 heterocycles. The highest BCUT2D eigenvalue weighted by Gasteiger charge is 2.34. The van der Waals surface area contributed by atoms with E-state index in [0.29, 0.717) is 19.5 Å². The number of benzene rings is 1. The lowest BCUT2D eigenvalue weighted by Crippen LogP contribution is -2.50. The van der Waals surface area contributed by atoms with E-state index in [1.807, 2.05) is 34.0 Å². The number of carbonyl (C=O) groups is 2. The number of hydrogen-bond acceptors (Lipinski definition) is 3. The van der Waals surface area contributed by atoms with Gasteiger partial charge in [-0.25, -0.2) is 0 Å². The molecule has 5 heteroatoms.